The van der Waals surface area contributed by atoms with Gasteiger partial charge in [-0.2, -0.15) is 0 Å². The van der Waals surface area contributed by atoms with Crippen molar-refractivity contribution in [1.82, 2.24) is 5.48 Å². The second-order valence-electron chi connectivity index (χ2n) is 6.08. The number of nitrogens with one attached hydrogen (secondary N) is 1. The Bertz CT molecular complexity index is 1150. The number of carbonyl (C=O) groups excluding carboxylic acids is 2. The topological polar surface area (TPSA) is 69.6 Å². The Morgan fingerprint density at radius 2 is 1.54 bits per heavy atom. The Morgan fingerprint density at radius 1 is 0.821 bits per heavy atom. The molecule has 0 aliphatic rings. The van der Waals surface area contributed by atoms with Gasteiger partial charge in [0.05, 0.1) is 10.6 Å². The molecule has 6 heteroatoms. The van der Waals surface area contributed by atoms with E-state index >= 15 is 0 Å². The van der Waals surface area contributed by atoms with Crippen LogP contribution in [0, 0.1) is 0 Å². The molecule has 0 bridgehead atoms. The van der Waals surface area contributed by atoms with E-state index in [4.69, 9.17) is 5.21 Å². The molecule has 1 heterocycles. The van der Waals surface area contributed by atoms with Crippen molar-refractivity contribution in [3.63, 3.8) is 0 Å². The Hall–Kier alpha value is -3.48. The molecule has 0 unspecified atom stereocenters. The molecule has 4 aromatic rings. The maximum absolute atomic E-state index is 13.6. The molecule has 0 spiro atoms. The molecule has 0 aliphatic heterocycles. The molecule has 1 aromatic heterocycles. The number of carbonyl (C=O) groups is 2. The number of para-hydroxylation sites is 1. The van der Waals surface area contributed by atoms with Crippen LogP contribution >= 0.6 is 11.3 Å². The largest absolute Gasteiger partial charge is 0.288 e. The molecule has 5 nitrogen and oxygen atoms in total. The highest BCUT2D eigenvalue weighted by atomic mass is 32.1. The minimum Gasteiger partial charge on any atom is -0.288 e. The van der Waals surface area contributed by atoms with E-state index in [0.717, 1.165) is 22.1 Å². The van der Waals surface area contributed by atoms with E-state index in [1.165, 1.54) is 0 Å². The van der Waals surface area contributed by atoms with Crippen LogP contribution in [0.4, 0.5) is 10.7 Å². The van der Waals surface area contributed by atoms with Crippen LogP contribution in [0.1, 0.15) is 20.0 Å². The third-order valence-electron chi connectivity index (χ3n) is 4.38. The summed E-state index contributed by atoms with van der Waals surface area (Å²) < 4.78 is 0. The SMILES string of the molecule is O=C(NO)c1ccc(N(C(=O)c2cccc3ccccc23)c2ccccc2)s1. The number of amides is 2. The Labute approximate surface area is 165 Å². The average molecular weight is 388 g/mol. The first kappa shape index (κ1) is 17.9. The summed E-state index contributed by atoms with van der Waals surface area (Å²) in [4.78, 5) is 27.2. The van der Waals surface area contributed by atoms with Crippen LogP contribution in [0.15, 0.2) is 84.9 Å². The van der Waals surface area contributed by atoms with Crippen molar-refractivity contribution >= 4 is 44.6 Å². The van der Waals surface area contributed by atoms with E-state index in [-0.39, 0.29) is 5.91 Å². The Balaban J connectivity index is 1.85. The number of anilines is 2. The van der Waals surface area contributed by atoms with Crippen LogP contribution < -0.4 is 10.4 Å². The lowest BCUT2D eigenvalue weighted by atomic mass is 10.0. The quantitative estimate of drug-likeness (QED) is 0.382. The molecule has 0 saturated carbocycles. The molecule has 0 atom stereocenters. The number of fused-ring (bicyclic) bond motifs is 1. The van der Waals surface area contributed by atoms with E-state index in [2.05, 4.69) is 0 Å². The fourth-order valence-electron chi connectivity index (χ4n) is 3.08. The maximum Gasteiger partial charge on any atom is 0.284 e. The summed E-state index contributed by atoms with van der Waals surface area (Å²) in [6.07, 6.45) is 0. The zero-order chi connectivity index (χ0) is 19.5. The van der Waals surface area contributed by atoms with E-state index in [1.54, 1.807) is 28.6 Å². The molecule has 2 N–H and O–H groups in total. The number of thiophene rings is 1. The highest BCUT2D eigenvalue weighted by molar-refractivity contribution is 7.18. The highest BCUT2D eigenvalue weighted by Gasteiger charge is 2.23. The molecule has 4 rings (SSSR count). The van der Waals surface area contributed by atoms with Crippen molar-refractivity contribution in [2.24, 2.45) is 0 Å². The number of benzene rings is 3. The van der Waals surface area contributed by atoms with E-state index < -0.39 is 5.91 Å². The zero-order valence-corrected chi connectivity index (χ0v) is 15.5. The van der Waals surface area contributed by atoms with Crippen LogP contribution in [0.3, 0.4) is 0 Å². The van der Waals surface area contributed by atoms with Gasteiger partial charge in [0.2, 0.25) is 0 Å². The van der Waals surface area contributed by atoms with Gasteiger partial charge in [-0.15, -0.1) is 11.3 Å². The molecule has 0 radical (unpaired) electrons. The Morgan fingerprint density at radius 3 is 2.32 bits per heavy atom. The predicted molar refractivity (Wildman–Crippen MR) is 110 cm³/mol. The lowest BCUT2D eigenvalue weighted by molar-refractivity contribution is 0.0711. The fourth-order valence-corrected chi connectivity index (χ4v) is 3.99. The summed E-state index contributed by atoms with van der Waals surface area (Å²) in [5.41, 5.74) is 2.89. The van der Waals surface area contributed by atoms with Gasteiger partial charge in [0.15, 0.2) is 0 Å². The highest BCUT2D eigenvalue weighted by Crippen LogP contribution is 2.34. The molecular formula is C22H16N2O3S. The fraction of sp³-hybridized carbons (Fsp3) is 0. The standard InChI is InChI=1S/C22H16N2O3S/c25-21(23-27)19-13-14-20(28-19)24(16-9-2-1-3-10-16)22(26)18-12-6-8-15-7-4-5-11-17(15)18/h1-14,27H,(H,23,25). The summed E-state index contributed by atoms with van der Waals surface area (Å²) >= 11 is 1.13. The lowest BCUT2D eigenvalue weighted by Crippen LogP contribution is -2.25. The van der Waals surface area contributed by atoms with Crippen LogP contribution in [0.5, 0.6) is 0 Å². The van der Waals surface area contributed by atoms with Gasteiger partial charge in [0, 0.05) is 5.56 Å². The lowest BCUT2D eigenvalue weighted by Gasteiger charge is -2.22. The summed E-state index contributed by atoms with van der Waals surface area (Å²) in [7, 11) is 0. The van der Waals surface area contributed by atoms with Gasteiger partial charge in [-0.25, -0.2) is 5.48 Å². The summed E-state index contributed by atoms with van der Waals surface area (Å²) in [6, 6.07) is 25.9. The smallest absolute Gasteiger partial charge is 0.284 e. The van der Waals surface area contributed by atoms with Gasteiger partial charge in [-0.3, -0.25) is 19.7 Å². The Kier molecular flexibility index (Phi) is 4.89. The van der Waals surface area contributed by atoms with Crippen LogP contribution in [-0.2, 0) is 0 Å². The van der Waals surface area contributed by atoms with Gasteiger partial charge in [0.1, 0.15) is 5.00 Å². The monoisotopic (exact) mass is 388 g/mol. The van der Waals surface area contributed by atoms with Crippen molar-refractivity contribution in [3.05, 3.63) is 95.4 Å². The maximum atomic E-state index is 13.6. The molecule has 0 aliphatic carbocycles. The van der Waals surface area contributed by atoms with Crippen molar-refractivity contribution in [2.75, 3.05) is 4.90 Å². The van der Waals surface area contributed by atoms with Gasteiger partial charge in [-0.05, 0) is 41.1 Å². The molecule has 0 fully saturated rings. The minimum absolute atomic E-state index is 0.194. The predicted octanol–water partition coefficient (Wildman–Crippen LogP) is 5.00. The average Bonchev–Trinajstić information content (AvgIpc) is 3.23. The second-order valence-corrected chi connectivity index (χ2v) is 7.14. The van der Waals surface area contributed by atoms with Gasteiger partial charge >= 0.3 is 0 Å². The van der Waals surface area contributed by atoms with Crippen molar-refractivity contribution < 1.29 is 14.8 Å². The summed E-state index contributed by atoms with van der Waals surface area (Å²) in [5.74, 6) is -0.803. The first-order chi connectivity index (χ1) is 13.7. The number of hydroxylamine groups is 1. The normalized spacial score (nSPS) is 10.6. The number of nitrogens with zero attached hydrogens (tertiary/aromatic N) is 1. The van der Waals surface area contributed by atoms with Gasteiger partial charge in [0.25, 0.3) is 11.8 Å². The summed E-state index contributed by atoms with van der Waals surface area (Å²) in [5, 5.41) is 11.3. The molecular weight excluding hydrogens is 372 g/mol. The van der Waals surface area contributed by atoms with E-state index in [1.807, 2.05) is 66.7 Å². The van der Waals surface area contributed by atoms with Crippen LogP contribution in [0.2, 0.25) is 0 Å². The van der Waals surface area contributed by atoms with E-state index in [0.29, 0.717) is 21.1 Å². The molecule has 3 aromatic carbocycles. The second kappa shape index (κ2) is 7.64. The number of hydrogen-bond donors (Lipinski definition) is 2. The molecule has 0 saturated heterocycles. The summed E-state index contributed by atoms with van der Waals surface area (Å²) in [6.45, 7) is 0. The zero-order valence-electron chi connectivity index (χ0n) is 14.7. The number of rotatable bonds is 4. The van der Waals surface area contributed by atoms with Crippen molar-refractivity contribution in [2.45, 2.75) is 0 Å². The first-order valence-electron chi connectivity index (χ1n) is 8.60. The van der Waals surface area contributed by atoms with Crippen LogP contribution in [0.25, 0.3) is 10.8 Å². The molecule has 2 amide bonds. The van der Waals surface area contributed by atoms with Crippen molar-refractivity contribution in [1.29, 1.82) is 0 Å². The van der Waals surface area contributed by atoms with Gasteiger partial charge < -0.3 is 0 Å². The molecule has 28 heavy (non-hydrogen) atoms. The van der Waals surface area contributed by atoms with Gasteiger partial charge in [-0.1, -0.05) is 54.6 Å². The van der Waals surface area contributed by atoms with E-state index in [9.17, 15) is 9.59 Å². The van der Waals surface area contributed by atoms with Crippen LogP contribution in [-0.4, -0.2) is 17.0 Å². The third kappa shape index (κ3) is 3.26. The molecule has 138 valence electrons. The van der Waals surface area contributed by atoms with Crippen molar-refractivity contribution in [3.8, 4) is 0 Å². The minimum atomic E-state index is -0.609. The number of hydrogen-bond acceptors (Lipinski definition) is 4. The first-order valence-corrected chi connectivity index (χ1v) is 9.42. The third-order valence-corrected chi connectivity index (χ3v) is 5.44.